The first-order valence-electron chi connectivity index (χ1n) is 9.35. The Morgan fingerprint density at radius 2 is 1.78 bits per heavy atom. The average Bonchev–Trinajstić information content (AvgIpc) is 2.58. The first kappa shape index (κ1) is 18.4. The molecule has 1 aliphatic rings. The summed E-state index contributed by atoms with van der Waals surface area (Å²) in [6, 6.07) is 10.2. The highest BCUT2D eigenvalue weighted by Gasteiger charge is 2.21. The van der Waals surface area contributed by atoms with Gasteiger partial charge in [-0.15, -0.1) is 0 Å². The molecule has 0 aromatic heterocycles. The lowest BCUT2D eigenvalue weighted by atomic mass is 9.94. The van der Waals surface area contributed by atoms with Crippen molar-refractivity contribution in [1.82, 2.24) is 10.2 Å². The Labute approximate surface area is 142 Å². The highest BCUT2D eigenvalue weighted by Crippen LogP contribution is 2.21. The molecular weight excluding hydrogens is 284 g/mol. The van der Waals surface area contributed by atoms with Crippen molar-refractivity contribution in [2.24, 2.45) is 5.92 Å². The Morgan fingerprint density at radius 1 is 1.09 bits per heavy atom. The minimum absolute atomic E-state index is 0.138. The van der Waals surface area contributed by atoms with E-state index < -0.39 is 6.10 Å². The maximum Gasteiger partial charge on any atom is 0.0943 e. The standard InChI is InChI=1S/C20H34N2O/c1-17(2)16-19(20(23)18-10-5-3-6-11-18)21-12-9-15-22-13-7-4-8-14-22/h3,5-6,10-11,17,19-21,23H,4,7-9,12-16H2,1-2H3/t19-,20+/m1/s1. The molecule has 1 aromatic rings. The van der Waals surface area contributed by atoms with Crippen molar-refractivity contribution in [2.45, 2.75) is 58.1 Å². The molecule has 2 N–H and O–H groups in total. The van der Waals surface area contributed by atoms with E-state index in [0.717, 1.165) is 24.9 Å². The third-order valence-electron chi connectivity index (χ3n) is 4.75. The quantitative estimate of drug-likeness (QED) is 0.683. The van der Waals surface area contributed by atoms with E-state index in [9.17, 15) is 5.11 Å². The van der Waals surface area contributed by atoms with Gasteiger partial charge in [0.1, 0.15) is 0 Å². The Bertz CT molecular complexity index is 415. The monoisotopic (exact) mass is 318 g/mol. The lowest BCUT2D eigenvalue weighted by Crippen LogP contribution is -2.38. The summed E-state index contributed by atoms with van der Waals surface area (Å²) in [5.74, 6) is 0.577. The van der Waals surface area contributed by atoms with Gasteiger partial charge in [0.2, 0.25) is 0 Å². The molecular formula is C20H34N2O. The summed E-state index contributed by atoms with van der Waals surface area (Å²) in [6.07, 6.45) is 5.85. The minimum atomic E-state index is -0.423. The Kier molecular flexibility index (Phi) is 8.07. The van der Waals surface area contributed by atoms with E-state index in [0.29, 0.717) is 5.92 Å². The number of piperidine rings is 1. The Morgan fingerprint density at radius 3 is 2.43 bits per heavy atom. The molecule has 0 spiro atoms. The number of hydrogen-bond acceptors (Lipinski definition) is 3. The molecule has 2 rings (SSSR count). The zero-order valence-electron chi connectivity index (χ0n) is 14.9. The molecule has 0 radical (unpaired) electrons. The SMILES string of the molecule is CC(C)C[C@@H](NCCCN1CCCCC1)[C@@H](O)c1ccccc1. The summed E-state index contributed by atoms with van der Waals surface area (Å²) in [4.78, 5) is 2.58. The van der Waals surface area contributed by atoms with Crippen molar-refractivity contribution in [2.75, 3.05) is 26.2 Å². The van der Waals surface area contributed by atoms with Crippen molar-refractivity contribution >= 4 is 0 Å². The van der Waals surface area contributed by atoms with Gasteiger partial charge in [-0.25, -0.2) is 0 Å². The molecule has 0 bridgehead atoms. The van der Waals surface area contributed by atoms with E-state index in [2.05, 4.69) is 24.1 Å². The number of likely N-dealkylation sites (tertiary alicyclic amines) is 1. The summed E-state index contributed by atoms with van der Waals surface area (Å²) >= 11 is 0. The fourth-order valence-corrected chi connectivity index (χ4v) is 3.49. The van der Waals surface area contributed by atoms with Gasteiger partial charge in [-0.1, -0.05) is 50.6 Å². The molecule has 3 nitrogen and oxygen atoms in total. The van der Waals surface area contributed by atoms with Gasteiger partial charge >= 0.3 is 0 Å². The summed E-state index contributed by atoms with van der Waals surface area (Å²) in [6.45, 7) is 9.14. The van der Waals surface area contributed by atoms with Crippen LogP contribution in [0.3, 0.4) is 0 Å². The van der Waals surface area contributed by atoms with Gasteiger partial charge in [-0.3, -0.25) is 0 Å². The van der Waals surface area contributed by atoms with Crippen LogP contribution in [0, 0.1) is 5.92 Å². The van der Waals surface area contributed by atoms with Crippen LogP contribution in [-0.2, 0) is 0 Å². The van der Waals surface area contributed by atoms with Gasteiger partial charge in [0.15, 0.2) is 0 Å². The molecule has 0 aliphatic carbocycles. The predicted octanol–water partition coefficient (Wildman–Crippen LogP) is 3.60. The van der Waals surface area contributed by atoms with E-state index in [1.807, 2.05) is 30.3 Å². The van der Waals surface area contributed by atoms with Crippen molar-refractivity contribution in [3.63, 3.8) is 0 Å². The Hall–Kier alpha value is -0.900. The average molecular weight is 319 g/mol. The maximum absolute atomic E-state index is 10.7. The Balaban J connectivity index is 1.78. The van der Waals surface area contributed by atoms with Gasteiger partial charge in [0.05, 0.1) is 6.10 Å². The highest BCUT2D eigenvalue weighted by molar-refractivity contribution is 5.18. The van der Waals surface area contributed by atoms with E-state index in [1.54, 1.807) is 0 Å². The maximum atomic E-state index is 10.7. The molecule has 0 amide bonds. The molecule has 1 aromatic carbocycles. The van der Waals surface area contributed by atoms with Gasteiger partial charge in [-0.05, 0) is 63.3 Å². The van der Waals surface area contributed by atoms with Gasteiger partial charge in [0.25, 0.3) is 0 Å². The third-order valence-corrected chi connectivity index (χ3v) is 4.75. The van der Waals surface area contributed by atoms with Gasteiger partial charge < -0.3 is 15.3 Å². The molecule has 1 saturated heterocycles. The molecule has 130 valence electrons. The fraction of sp³-hybridized carbons (Fsp3) is 0.700. The molecule has 1 aliphatic heterocycles. The zero-order valence-corrected chi connectivity index (χ0v) is 14.9. The molecule has 0 unspecified atom stereocenters. The van der Waals surface area contributed by atoms with E-state index in [4.69, 9.17) is 0 Å². The van der Waals surface area contributed by atoms with Crippen LogP contribution in [0.4, 0.5) is 0 Å². The second-order valence-electron chi connectivity index (χ2n) is 7.30. The van der Waals surface area contributed by atoms with Crippen molar-refractivity contribution < 1.29 is 5.11 Å². The number of aliphatic hydroxyl groups is 1. The van der Waals surface area contributed by atoms with Crippen LogP contribution in [0.25, 0.3) is 0 Å². The van der Waals surface area contributed by atoms with E-state index >= 15 is 0 Å². The van der Waals surface area contributed by atoms with Crippen LogP contribution in [-0.4, -0.2) is 42.2 Å². The van der Waals surface area contributed by atoms with Crippen molar-refractivity contribution in [3.8, 4) is 0 Å². The highest BCUT2D eigenvalue weighted by atomic mass is 16.3. The molecule has 23 heavy (non-hydrogen) atoms. The van der Waals surface area contributed by atoms with Crippen LogP contribution in [0.15, 0.2) is 30.3 Å². The number of benzene rings is 1. The van der Waals surface area contributed by atoms with Crippen LogP contribution >= 0.6 is 0 Å². The molecule has 2 atom stereocenters. The minimum Gasteiger partial charge on any atom is -0.387 e. The largest absolute Gasteiger partial charge is 0.387 e. The van der Waals surface area contributed by atoms with Gasteiger partial charge in [-0.2, -0.15) is 0 Å². The molecule has 1 heterocycles. The number of hydrogen-bond donors (Lipinski definition) is 2. The number of aliphatic hydroxyl groups excluding tert-OH is 1. The zero-order chi connectivity index (χ0) is 16.5. The number of nitrogens with zero attached hydrogens (tertiary/aromatic N) is 1. The summed E-state index contributed by atoms with van der Waals surface area (Å²) in [5.41, 5.74) is 1.02. The van der Waals surface area contributed by atoms with E-state index in [-0.39, 0.29) is 6.04 Å². The number of rotatable bonds is 9. The summed E-state index contributed by atoms with van der Waals surface area (Å²) in [7, 11) is 0. The van der Waals surface area contributed by atoms with Crippen LogP contribution in [0.5, 0.6) is 0 Å². The van der Waals surface area contributed by atoms with Crippen LogP contribution in [0.2, 0.25) is 0 Å². The molecule has 1 fully saturated rings. The first-order chi connectivity index (χ1) is 11.2. The van der Waals surface area contributed by atoms with Crippen molar-refractivity contribution in [3.05, 3.63) is 35.9 Å². The second-order valence-corrected chi connectivity index (χ2v) is 7.30. The predicted molar refractivity (Wildman–Crippen MR) is 97.6 cm³/mol. The van der Waals surface area contributed by atoms with Crippen molar-refractivity contribution in [1.29, 1.82) is 0 Å². The lowest BCUT2D eigenvalue weighted by Gasteiger charge is -2.28. The van der Waals surface area contributed by atoms with Crippen LogP contribution < -0.4 is 5.32 Å². The summed E-state index contributed by atoms with van der Waals surface area (Å²) < 4.78 is 0. The number of nitrogens with one attached hydrogen (secondary N) is 1. The summed E-state index contributed by atoms with van der Waals surface area (Å²) in [5, 5.41) is 14.3. The van der Waals surface area contributed by atoms with E-state index in [1.165, 1.54) is 38.9 Å². The van der Waals surface area contributed by atoms with Gasteiger partial charge in [0, 0.05) is 6.04 Å². The molecule has 0 saturated carbocycles. The topological polar surface area (TPSA) is 35.5 Å². The fourth-order valence-electron chi connectivity index (χ4n) is 3.49. The van der Waals surface area contributed by atoms with Crippen LogP contribution in [0.1, 0.15) is 57.6 Å². The molecule has 3 heteroatoms. The smallest absolute Gasteiger partial charge is 0.0943 e. The third kappa shape index (κ3) is 6.62. The first-order valence-corrected chi connectivity index (χ1v) is 9.35. The second kappa shape index (κ2) is 10.1. The normalized spacial score (nSPS) is 19.0. The lowest BCUT2D eigenvalue weighted by molar-refractivity contribution is 0.115.